The summed E-state index contributed by atoms with van der Waals surface area (Å²) >= 11 is 0. The van der Waals surface area contributed by atoms with Crippen molar-refractivity contribution in [3.05, 3.63) is 170 Å². The van der Waals surface area contributed by atoms with Crippen molar-refractivity contribution in [2.75, 3.05) is 19.8 Å². The number of allylic oxidation sites excluding steroid dienone is 27. The van der Waals surface area contributed by atoms with Crippen molar-refractivity contribution in [1.29, 1.82) is 0 Å². The number of carbonyl (C=O) groups is 1. The summed E-state index contributed by atoms with van der Waals surface area (Å²) in [5, 5.41) is 87.4. The van der Waals surface area contributed by atoms with E-state index in [1.54, 1.807) is 6.08 Å². The fourth-order valence-corrected chi connectivity index (χ4v) is 10.8. The zero-order valence-corrected chi connectivity index (χ0v) is 58.6. The summed E-state index contributed by atoms with van der Waals surface area (Å²) in [6.45, 7) is 2.64. The molecule has 2 heterocycles. The van der Waals surface area contributed by atoms with Crippen LogP contribution in [0.1, 0.15) is 239 Å². The molecule has 0 aromatic carbocycles. The second-order valence-corrected chi connectivity index (χ2v) is 25.0. The summed E-state index contributed by atoms with van der Waals surface area (Å²) in [6.07, 6.45) is 81.2. The van der Waals surface area contributed by atoms with Crippen LogP contribution >= 0.6 is 0 Å². The standard InChI is InChI=1S/C81H131NO13/c1-3-5-7-9-11-13-15-17-19-21-23-25-27-29-30-31-32-33-34-35-36-37-38-39-40-41-43-45-47-49-51-53-55-57-59-61-63-65-73(86)82-69(68-92-80-78(91)76(89)79(72(67-84)94-80)95-81-77(90)75(88)74(87)71(66-83)93-81)70(85)64-62-60-58-56-54-52-50-48-46-44-42-28-26-24-22-20-18-16-14-12-10-8-6-4-2/h5,7,11,13,17,19,23,25,29-30,32-33,35-36,38-39,41,43,46-49,53-56,62,64,69-72,74-81,83-85,87-91H,3-4,6,8-10,12,14-16,18,20-22,24,26-28,31,34,37,40,42,44-45,50-52,57-61,63,65-68H2,1-2H3,(H,82,86)/b7-5-,13-11-,19-17-,25-23-,30-29-,33-32-,36-35-,39-38-,43-41-,48-46+,49-47-,55-53-,56-54+,64-62+. The van der Waals surface area contributed by atoms with Gasteiger partial charge >= 0.3 is 0 Å². The van der Waals surface area contributed by atoms with Crippen molar-refractivity contribution in [2.24, 2.45) is 0 Å². The van der Waals surface area contributed by atoms with Crippen molar-refractivity contribution in [3.8, 4) is 0 Å². The monoisotopic (exact) mass is 1330 g/mol. The van der Waals surface area contributed by atoms with Crippen LogP contribution in [0, 0.1) is 0 Å². The van der Waals surface area contributed by atoms with E-state index in [4.69, 9.17) is 18.9 Å². The van der Waals surface area contributed by atoms with E-state index in [0.29, 0.717) is 12.8 Å². The fourth-order valence-electron chi connectivity index (χ4n) is 10.8. The molecule has 1 amide bonds. The number of aliphatic hydroxyl groups excluding tert-OH is 8. The number of unbranched alkanes of at least 4 members (excludes halogenated alkanes) is 19. The molecule has 2 aliphatic rings. The molecule has 538 valence electrons. The Balaban J connectivity index is 1.71. The van der Waals surface area contributed by atoms with Crippen molar-refractivity contribution >= 4 is 5.91 Å². The topological polar surface area (TPSA) is 228 Å². The van der Waals surface area contributed by atoms with Crippen LogP contribution in [0.2, 0.25) is 0 Å². The van der Waals surface area contributed by atoms with Gasteiger partial charge in [-0.05, 0) is 128 Å². The average Bonchev–Trinajstić information content (AvgIpc) is 0.927. The third kappa shape index (κ3) is 46.3. The lowest BCUT2D eigenvalue weighted by molar-refractivity contribution is -0.359. The summed E-state index contributed by atoms with van der Waals surface area (Å²) in [6, 6.07) is -0.971. The van der Waals surface area contributed by atoms with Gasteiger partial charge in [0.05, 0.1) is 32.0 Å². The van der Waals surface area contributed by atoms with Gasteiger partial charge in [-0.25, -0.2) is 0 Å². The molecule has 0 saturated carbocycles. The van der Waals surface area contributed by atoms with E-state index in [0.717, 1.165) is 116 Å². The number of hydrogen-bond acceptors (Lipinski definition) is 13. The van der Waals surface area contributed by atoms with Gasteiger partial charge in [0, 0.05) is 6.42 Å². The maximum atomic E-state index is 13.3. The van der Waals surface area contributed by atoms with Gasteiger partial charge in [-0.1, -0.05) is 274 Å². The Morgan fingerprint density at radius 1 is 0.389 bits per heavy atom. The molecular formula is C81H131NO13. The first kappa shape index (κ1) is 86.4. The Labute approximate surface area is 575 Å². The highest BCUT2D eigenvalue weighted by Crippen LogP contribution is 2.30. The molecule has 0 aliphatic carbocycles. The Kier molecular flexibility index (Phi) is 57.2. The van der Waals surface area contributed by atoms with Gasteiger partial charge in [0.25, 0.3) is 0 Å². The molecule has 0 radical (unpaired) electrons. The van der Waals surface area contributed by atoms with E-state index < -0.39 is 86.8 Å². The lowest BCUT2D eigenvalue weighted by atomic mass is 9.97. The van der Waals surface area contributed by atoms with Crippen molar-refractivity contribution in [3.63, 3.8) is 0 Å². The maximum Gasteiger partial charge on any atom is 0.220 e. The lowest BCUT2D eigenvalue weighted by Gasteiger charge is -2.46. The third-order valence-corrected chi connectivity index (χ3v) is 16.6. The molecule has 14 nitrogen and oxygen atoms in total. The Bertz CT molecular complexity index is 2250. The predicted molar refractivity (Wildman–Crippen MR) is 391 cm³/mol. The van der Waals surface area contributed by atoms with Gasteiger partial charge in [0.2, 0.25) is 5.91 Å². The number of ether oxygens (including phenoxy) is 4. The van der Waals surface area contributed by atoms with Gasteiger partial charge in [-0.3, -0.25) is 4.79 Å². The van der Waals surface area contributed by atoms with E-state index in [9.17, 15) is 45.6 Å². The molecule has 9 N–H and O–H groups in total. The number of hydrogen-bond donors (Lipinski definition) is 9. The van der Waals surface area contributed by atoms with E-state index in [1.807, 2.05) is 6.08 Å². The van der Waals surface area contributed by atoms with Crippen LogP contribution < -0.4 is 5.32 Å². The molecule has 2 rings (SSSR count). The van der Waals surface area contributed by atoms with E-state index in [1.165, 1.54) is 89.9 Å². The molecule has 12 unspecified atom stereocenters. The highest BCUT2D eigenvalue weighted by Gasteiger charge is 2.51. The molecule has 2 aliphatic heterocycles. The summed E-state index contributed by atoms with van der Waals surface area (Å²) in [7, 11) is 0. The molecule has 2 saturated heterocycles. The maximum absolute atomic E-state index is 13.3. The predicted octanol–water partition coefficient (Wildman–Crippen LogP) is 16.0. The SMILES string of the molecule is CC/C=C\C/C=C\C/C=C\C/C=C\C/C=C\C/C=C\C/C=C\C/C=C\C/C=C\C/C=C\C/C=C\CCCCCC(=O)NC(COC1OC(CO)C(OC2OC(CO)C(O)C(O)C2O)C(O)C1O)C(O)/C=C/CC/C=C/CC/C=C/CCCCCCCCCCCCCCCC. The third-order valence-electron chi connectivity index (χ3n) is 16.6. The van der Waals surface area contributed by atoms with Crippen LogP contribution in [0.4, 0.5) is 0 Å². The highest BCUT2D eigenvalue weighted by molar-refractivity contribution is 5.76. The number of rotatable bonds is 58. The number of nitrogens with one attached hydrogen (secondary N) is 1. The fraction of sp³-hybridized carbons (Fsp3) is 0.642. The van der Waals surface area contributed by atoms with Gasteiger partial charge in [-0.15, -0.1) is 0 Å². The van der Waals surface area contributed by atoms with Crippen molar-refractivity contribution in [1.82, 2.24) is 5.32 Å². The normalized spacial score (nSPS) is 23.4. The van der Waals surface area contributed by atoms with E-state index >= 15 is 0 Å². The molecule has 12 atom stereocenters. The molecule has 0 bridgehead atoms. The highest BCUT2D eigenvalue weighted by atomic mass is 16.7. The van der Waals surface area contributed by atoms with Crippen molar-refractivity contribution in [2.45, 2.75) is 312 Å². The van der Waals surface area contributed by atoms with E-state index in [2.05, 4.69) is 177 Å². The van der Waals surface area contributed by atoms with Crippen LogP contribution in [-0.2, 0) is 23.7 Å². The number of aliphatic hydroxyl groups is 8. The lowest BCUT2D eigenvalue weighted by Crippen LogP contribution is -2.65. The molecular weight excluding hydrogens is 1190 g/mol. The molecule has 2 fully saturated rings. The first-order chi connectivity index (χ1) is 46.6. The van der Waals surface area contributed by atoms with Crippen LogP contribution in [-0.4, -0.2) is 140 Å². The molecule has 0 spiro atoms. The Morgan fingerprint density at radius 3 is 1.16 bits per heavy atom. The van der Waals surface area contributed by atoms with Crippen LogP contribution in [0.3, 0.4) is 0 Å². The first-order valence-corrected chi connectivity index (χ1v) is 36.9. The quantitative estimate of drug-likeness (QED) is 0.0204. The molecule has 0 aromatic rings. The van der Waals surface area contributed by atoms with Crippen LogP contribution in [0.5, 0.6) is 0 Å². The smallest absolute Gasteiger partial charge is 0.220 e. The van der Waals surface area contributed by atoms with Gasteiger partial charge < -0.3 is 65.1 Å². The second-order valence-electron chi connectivity index (χ2n) is 25.0. The minimum Gasteiger partial charge on any atom is -0.394 e. The summed E-state index contributed by atoms with van der Waals surface area (Å²) in [5.41, 5.74) is 0. The van der Waals surface area contributed by atoms with Gasteiger partial charge in [-0.2, -0.15) is 0 Å². The summed E-state index contributed by atoms with van der Waals surface area (Å²) in [4.78, 5) is 13.3. The molecule has 0 aromatic heterocycles. The van der Waals surface area contributed by atoms with Gasteiger partial charge in [0.1, 0.15) is 48.8 Å². The minimum absolute atomic E-state index is 0.218. The minimum atomic E-state index is -1.81. The Hall–Kier alpha value is -4.65. The number of carbonyl (C=O) groups excluding carboxylic acids is 1. The zero-order chi connectivity index (χ0) is 68.7. The largest absolute Gasteiger partial charge is 0.394 e. The number of amides is 1. The molecule has 14 heteroatoms. The van der Waals surface area contributed by atoms with Crippen LogP contribution in [0.25, 0.3) is 0 Å². The van der Waals surface area contributed by atoms with Crippen molar-refractivity contribution < 1.29 is 64.6 Å². The summed E-state index contributed by atoms with van der Waals surface area (Å²) < 4.78 is 22.8. The van der Waals surface area contributed by atoms with Crippen LogP contribution in [0.15, 0.2) is 170 Å². The second kappa shape index (κ2) is 62.8. The molecule has 95 heavy (non-hydrogen) atoms. The van der Waals surface area contributed by atoms with E-state index in [-0.39, 0.29) is 18.9 Å². The first-order valence-electron chi connectivity index (χ1n) is 36.9. The zero-order valence-electron chi connectivity index (χ0n) is 58.6. The van der Waals surface area contributed by atoms with Gasteiger partial charge in [0.15, 0.2) is 12.6 Å². The Morgan fingerprint density at radius 2 is 0.737 bits per heavy atom. The summed E-state index contributed by atoms with van der Waals surface area (Å²) in [5.74, 6) is -0.291. The average molecular weight is 1330 g/mol.